The van der Waals surface area contributed by atoms with Gasteiger partial charge in [-0.05, 0) is 18.9 Å². The van der Waals surface area contributed by atoms with Crippen LogP contribution in [0.2, 0.25) is 0 Å². The SMILES string of the molecule is CCCC(C)(C)CNC(=O)CC1CN(C)CCN1. The van der Waals surface area contributed by atoms with E-state index in [1.807, 2.05) is 0 Å². The van der Waals surface area contributed by atoms with Crippen molar-refractivity contribution < 1.29 is 4.79 Å². The zero-order valence-corrected chi connectivity index (χ0v) is 12.4. The van der Waals surface area contributed by atoms with Crippen molar-refractivity contribution in [3.63, 3.8) is 0 Å². The van der Waals surface area contributed by atoms with E-state index in [4.69, 9.17) is 0 Å². The Hall–Kier alpha value is -0.610. The van der Waals surface area contributed by atoms with Crippen LogP contribution in [-0.2, 0) is 4.79 Å². The summed E-state index contributed by atoms with van der Waals surface area (Å²) in [5.41, 5.74) is 0.210. The standard InChI is InChI=1S/C14H29N3O/c1-5-6-14(2,3)11-16-13(18)9-12-10-17(4)8-7-15-12/h12,15H,5-11H2,1-4H3,(H,16,18). The van der Waals surface area contributed by atoms with Gasteiger partial charge in [-0.15, -0.1) is 0 Å². The number of likely N-dealkylation sites (N-methyl/N-ethyl adjacent to an activating group) is 1. The van der Waals surface area contributed by atoms with Crippen LogP contribution in [0, 0.1) is 5.41 Å². The molecule has 0 bridgehead atoms. The summed E-state index contributed by atoms with van der Waals surface area (Å²) >= 11 is 0. The van der Waals surface area contributed by atoms with Gasteiger partial charge in [-0.3, -0.25) is 4.79 Å². The van der Waals surface area contributed by atoms with Crippen LogP contribution in [0.5, 0.6) is 0 Å². The molecule has 4 nitrogen and oxygen atoms in total. The van der Waals surface area contributed by atoms with Crippen LogP contribution >= 0.6 is 0 Å². The molecule has 0 aliphatic carbocycles. The second-order valence-electron chi connectivity index (χ2n) is 6.31. The summed E-state index contributed by atoms with van der Waals surface area (Å²) in [5, 5.41) is 6.47. The second kappa shape index (κ2) is 7.10. The average Bonchev–Trinajstić information content (AvgIpc) is 2.26. The maximum absolute atomic E-state index is 11.9. The minimum Gasteiger partial charge on any atom is -0.356 e. The lowest BCUT2D eigenvalue weighted by molar-refractivity contribution is -0.122. The van der Waals surface area contributed by atoms with Crippen molar-refractivity contribution in [3.8, 4) is 0 Å². The molecule has 0 radical (unpaired) electrons. The van der Waals surface area contributed by atoms with Gasteiger partial charge >= 0.3 is 0 Å². The summed E-state index contributed by atoms with van der Waals surface area (Å²) in [6.07, 6.45) is 2.90. The number of rotatable bonds is 6. The molecule has 4 heteroatoms. The zero-order chi connectivity index (χ0) is 13.6. The fourth-order valence-electron chi connectivity index (χ4n) is 2.53. The molecule has 2 N–H and O–H groups in total. The molecule has 0 aromatic heterocycles. The van der Waals surface area contributed by atoms with Crippen LogP contribution in [0.25, 0.3) is 0 Å². The number of hydrogen-bond acceptors (Lipinski definition) is 3. The van der Waals surface area contributed by atoms with Gasteiger partial charge in [0.2, 0.25) is 5.91 Å². The molecule has 1 heterocycles. The molecule has 1 atom stereocenters. The molecule has 0 aromatic carbocycles. The molecule has 1 saturated heterocycles. The highest BCUT2D eigenvalue weighted by atomic mass is 16.1. The van der Waals surface area contributed by atoms with Gasteiger partial charge < -0.3 is 15.5 Å². The van der Waals surface area contributed by atoms with Gasteiger partial charge in [-0.2, -0.15) is 0 Å². The van der Waals surface area contributed by atoms with Crippen molar-refractivity contribution in [2.45, 2.75) is 46.1 Å². The van der Waals surface area contributed by atoms with Gasteiger partial charge in [-0.1, -0.05) is 27.2 Å². The summed E-state index contributed by atoms with van der Waals surface area (Å²) in [5.74, 6) is 0.173. The highest BCUT2D eigenvalue weighted by Crippen LogP contribution is 2.20. The maximum atomic E-state index is 11.9. The number of piperazine rings is 1. The third-order valence-electron chi connectivity index (χ3n) is 3.58. The van der Waals surface area contributed by atoms with Crippen LogP contribution in [0.1, 0.15) is 40.0 Å². The molecule has 1 rings (SSSR count). The second-order valence-corrected chi connectivity index (χ2v) is 6.31. The van der Waals surface area contributed by atoms with Gasteiger partial charge in [0, 0.05) is 38.6 Å². The predicted octanol–water partition coefficient (Wildman–Crippen LogP) is 1.22. The summed E-state index contributed by atoms with van der Waals surface area (Å²) in [6, 6.07) is 0.304. The molecule has 1 aliphatic heterocycles. The maximum Gasteiger partial charge on any atom is 0.221 e. The number of nitrogens with one attached hydrogen (secondary N) is 2. The fraction of sp³-hybridized carbons (Fsp3) is 0.929. The van der Waals surface area contributed by atoms with E-state index in [1.54, 1.807) is 0 Å². The highest BCUT2D eigenvalue weighted by molar-refractivity contribution is 5.76. The molecular formula is C14H29N3O. The van der Waals surface area contributed by atoms with Crippen LogP contribution in [0.15, 0.2) is 0 Å². The van der Waals surface area contributed by atoms with Gasteiger partial charge in [-0.25, -0.2) is 0 Å². The minimum atomic E-state index is 0.173. The third-order valence-corrected chi connectivity index (χ3v) is 3.58. The first-order valence-electron chi connectivity index (χ1n) is 7.11. The molecular weight excluding hydrogens is 226 g/mol. The number of carbonyl (C=O) groups is 1. The monoisotopic (exact) mass is 255 g/mol. The molecule has 106 valence electrons. The van der Waals surface area contributed by atoms with Gasteiger partial charge in [0.05, 0.1) is 0 Å². The van der Waals surface area contributed by atoms with Crippen LogP contribution < -0.4 is 10.6 Å². The first-order chi connectivity index (χ1) is 8.43. The summed E-state index contributed by atoms with van der Waals surface area (Å²) < 4.78 is 0. The Morgan fingerprint density at radius 2 is 2.22 bits per heavy atom. The van der Waals surface area contributed by atoms with E-state index in [9.17, 15) is 4.79 Å². The fourth-order valence-corrected chi connectivity index (χ4v) is 2.53. The Labute approximate surface area is 111 Å². The Bertz CT molecular complexity index is 266. The molecule has 1 aliphatic rings. The van der Waals surface area contributed by atoms with Gasteiger partial charge in [0.15, 0.2) is 0 Å². The molecule has 1 fully saturated rings. The van der Waals surface area contributed by atoms with E-state index in [0.717, 1.165) is 39.0 Å². The average molecular weight is 255 g/mol. The normalized spacial score (nSPS) is 21.9. The molecule has 0 aromatic rings. The summed E-state index contributed by atoms with van der Waals surface area (Å²) in [4.78, 5) is 14.2. The van der Waals surface area contributed by atoms with E-state index in [0.29, 0.717) is 12.5 Å². The number of nitrogens with zero attached hydrogens (tertiary/aromatic N) is 1. The minimum absolute atomic E-state index is 0.173. The van der Waals surface area contributed by atoms with E-state index in [2.05, 4.69) is 43.4 Å². The number of amides is 1. The van der Waals surface area contributed by atoms with Crippen LogP contribution in [0.3, 0.4) is 0 Å². The lowest BCUT2D eigenvalue weighted by Gasteiger charge is -2.31. The van der Waals surface area contributed by atoms with Crippen molar-refractivity contribution in [2.24, 2.45) is 5.41 Å². The highest BCUT2D eigenvalue weighted by Gasteiger charge is 2.21. The Balaban J connectivity index is 2.24. The number of hydrogen-bond donors (Lipinski definition) is 2. The Morgan fingerprint density at radius 1 is 1.50 bits per heavy atom. The lowest BCUT2D eigenvalue weighted by atomic mass is 9.88. The van der Waals surface area contributed by atoms with Crippen molar-refractivity contribution in [2.75, 3.05) is 33.2 Å². The lowest BCUT2D eigenvalue weighted by Crippen LogP contribution is -2.51. The van der Waals surface area contributed by atoms with Gasteiger partial charge in [0.1, 0.15) is 0 Å². The topological polar surface area (TPSA) is 44.4 Å². The largest absolute Gasteiger partial charge is 0.356 e. The molecule has 0 saturated carbocycles. The third kappa shape index (κ3) is 5.83. The van der Waals surface area contributed by atoms with Crippen molar-refractivity contribution in [1.82, 2.24) is 15.5 Å². The predicted molar refractivity (Wildman–Crippen MR) is 75.6 cm³/mol. The van der Waals surface area contributed by atoms with Crippen molar-refractivity contribution in [3.05, 3.63) is 0 Å². The van der Waals surface area contributed by atoms with E-state index in [1.165, 1.54) is 0 Å². The molecule has 1 unspecified atom stereocenters. The van der Waals surface area contributed by atoms with Crippen LogP contribution in [0.4, 0.5) is 0 Å². The summed E-state index contributed by atoms with van der Waals surface area (Å²) in [7, 11) is 2.11. The van der Waals surface area contributed by atoms with E-state index >= 15 is 0 Å². The van der Waals surface area contributed by atoms with Crippen LogP contribution in [-0.4, -0.2) is 50.1 Å². The first kappa shape index (κ1) is 15.4. The Morgan fingerprint density at radius 3 is 2.83 bits per heavy atom. The van der Waals surface area contributed by atoms with Crippen molar-refractivity contribution >= 4 is 5.91 Å². The van der Waals surface area contributed by atoms with E-state index < -0.39 is 0 Å². The number of carbonyl (C=O) groups excluding carboxylic acids is 1. The molecule has 18 heavy (non-hydrogen) atoms. The zero-order valence-electron chi connectivity index (χ0n) is 12.4. The van der Waals surface area contributed by atoms with Crippen molar-refractivity contribution in [1.29, 1.82) is 0 Å². The molecule has 0 spiro atoms. The Kier molecular flexibility index (Phi) is 6.09. The summed E-state index contributed by atoms with van der Waals surface area (Å²) in [6.45, 7) is 10.4. The molecule has 1 amide bonds. The smallest absolute Gasteiger partial charge is 0.221 e. The first-order valence-corrected chi connectivity index (χ1v) is 7.11. The van der Waals surface area contributed by atoms with Gasteiger partial charge in [0.25, 0.3) is 0 Å². The quantitative estimate of drug-likeness (QED) is 0.750. The van der Waals surface area contributed by atoms with E-state index in [-0.39, 0.29) is 11.3 Å².